The number of hydrogen-bond donors (Lipinski definition) is 1. The molecular formula is C14H26BrNO2. The first kappa shape index (κ1) is 16.0. The lowest BCUT2D eigenvalue weighted by Gasteiger charge is -2.37. The molecule has 1 N–H and O–H groups in total. The number of nitrogens with one attached hydrogen (secondary N) is 1. The van der Waals surface area contributed by atoms with Crippen LogP contribution in [0.15, 0.2) is 0 Å². The van der Waals surface area contributed by atoms with Crippen LogP contribution < -0.4 is 5.32 Å². The number of carbonyl (C=O) groups excluding carboxylic acids is 1. The molecule has 0 heterocycles. The Kier molecular flexibility index (Phi) is 7.23. The van der Waals surface area contributed by atoms with Gasteiger partial charge in [-0.2, -0.15) is 0 Å². The highest BCUT2D eigenvalue weighted by molar-refractivity contribution is 9.09. The highest BCUT2D eigenvalue weighted by Crippen LogP contribution is 2.40. The summed E-state index contributed by atoms with van der Waals surface area (Å²) in [6.07, 6.45) is 5.55. The van der Waals surface area contributed by atoms with Crippen LogP contribution in [0.5, 0.6) is 0 Å². The van der Waals surface area contributed by atoms with Gasteiger partial charge in [-0.1, -0.05) is 42.6 Å². The first-order valence-corrected chi connectivity index (χ1v) is 8.11. The fraction of sp³-hybridized carbons (Fsp3) is 0.929. The summed E-state index contributed by atoms with van der Waals surface area (Å²) in [7, 11) is 0. The molecular weight excluding hydrogens is 294 g/mol. The monoisotopic (exact) mass is 319 g/mol. The zero-order valence-corrected chi connectivity index (χ0v) is 13.2. The maximum absolute atomic E-state index is 12.1. The van der Waals surface area contributed by atoms with Gasteiger partial charge in [0.2, 0.25) is 5.91 Å². The van der Waals surface area contributed by atoms with Gasteiger partial charge in [0.05, 0.1) is 6.61 Å². The van der Waals surface area contributed by atoms with E-state index in [-0.39, 0.29) is 17.2 Å². The summed E-state index contributed by atoms with van der Waals surface area (Å²) in [6.45, 7) is 6.63. The molecule has 0 aromatic rings. The lowest BCUT2D eigenvalue weighted by atomic mass is 9.68. The van der Waals surface area contributed by atoms with Gasteiger partial charge in [0.1, 0.15) is 0 Å². The minimum atomic E-state index is 0.162. The topological polar surface area (TPSA) is 38.3 Å². The third-order valence-corrected chi connectivity index (χ3v) is 4.13. The Morgan fingerprint density at radius 3 is 2.83 bits per heavy atom. The van der Waals surface area contributed by atoms with Crippen molar-refractivity contribution in [2.75, 3.05) is 25.1 Å². The molecule has 0 saturated heterocycles. The predicted molar refractivity (Wildman–Crippen MR) is 78.0 cm³/mol. The van der Waals surface area contributed by atoms with Gasteiger partial charge in [-0.3, -0.25) is 4.79 Å². The summed E-state index contributed by atoms with van der Waals surface area (Å²) in [5.41, 5.74) is 0.162. The van der Waals surface area contributed by atoms with Gasteiger partial charge in [-0.15, -0.1) is 0 Å². The van der Waals surface area contributed by atoms with Crippen molar-refractivity contribution in [3.63, 3.8) is 0 Å². The molecule has 1 saturated carbocycles. The number of ether oxygens (including phenoxy) is 1. The number of amides is 1. The second kappa shape index (κ2) is 8.16. The van der Waals surface area contributed by atoms with E-state index in [2.05, 4.69) is 35.1 Å². The van der Waals surface area contributed by atoms with Crippen LogP contribution in [0.3, 0.4) is 0 Å². The van der Waals surface area contributed by atoms with E-state index in [9.17, 15) is 4.79 Å². The standard InChI is InChI=1S/C14H26BrNO2/c1-14(2)7-4-3-6-12(14)13(17)16-9-5-10-18-11-8-15/h12H,3-11H2,1-2H3,(H,16,17). The van der Waals surface area contributed by atoms with Crippen molar-refractivity contribution < 1.29 is 9.53 Å². The molecule has 1 fully saturated rings. The molecule has 1 amide bonds. The molecule has 4 heteroatoms. The van der Waals surface area contributed by atoms with Crippen LogP contribution in [-0.2, 0) is 9.53 Å². The van der Waals surface area contributed by atoms with E-state index in [4.69, 9.17) is 4.74 Å². The first-order chi connectivity index (χ1) is 8.58. The van der Waals surface area contributed by atoms with Crippen molar-refractivity contribution in [3.05, 3.63) is 0 Å². The molecule has 1 aliphatic carbocycles. The molecule has 0 radical (unpaired) electrons. The Bertz CT molecular complexity index is 256. The Morgan fingerprint density at radius 1 is 1.39 bits per heavy atom. The number of alkyl halides is 1. The van der Waals surface area contributed by atoms with Crippen LogP contribution >= 0.6 is 15.9 Å². The first-order valence-electron chi connectivity index (χ1n) is 6.99. The molecule has 0 aromatic heterocycles. The molecule has 0 spiro atoms. The molecule has 18 heavy (non-hydrogen) atoms. The summed E-state index contributed by atoms with van der Waals surface area (Å²) < 4.78 is 5.35. The van der Waals surface area contributed by atoms with E-state index in [0.717, 1.165) is 37.9 Å². The zero-order chi connectivity index (χ0) is 13.4. The lowest BCUT2D eigenvalue weighted by Crippen LogP contribution is -2.41. The predicted octanol–water partition coefficient (Wildman–Crippen LogP) is 3.12. The van der Waals surface area contributed by atoms with Crippen LogP contribution in [-0.4, -0.2) is 31.0 Å². The van der Waals surface area contributed by atoms with Gasteiger partial charge in [0, 0.05) is 24.4 Å². The fourth-order valence-corrected chi connectivity index (χ4v) is 2.87. The van der Waals surface area contributed by atoms with Crippen molar-refractivity contribution in [3.8, 4) is 0 Å². The third kappa shape index (κ3) is 5.27. The molecule has 0 aromatic carbocycles. The maximum atomic E-state index is 12.1. The van der Waals surface area contributed by atoms with Crippen molar-refractivity contribution in [1.82, 2.24) is 5.32 Å². The zero-order valence-electron chi connectivity index (χ0n) is 11.6. The fourth-order valence-electron chi connectivity index (χ4n) is 2.65. The lowest BCUT2D eigenvalue weighted by molar-refractivity contribution is -0.130. The average Bonchev–Trinajstić information content (AvgIpc) is 2.32. The Balaban J connectivity index is 2.19. The van der Waals surface area contributed by atoms with Crippen molar-refractivity contribution in [2.45, 2.75) is 46.0 Å². The summed E-state index contributed by atoms with van der Waals surface area (Å²) in [6, 6.07) is 0. The highest BCUT2D eigenvalue weighted by Gasteiger charge is 2.36. The molecule has 1 unspecified atom stereocenters. The van der Waals surface area contributed by atoms with Gasteiger partial charge >= 0.3 is 0 Å². The number of rotatable bonds is 7. The second-order valence-corrected chi connectivity index (χ2v) is 6.53. The summed E-state index contributed by atoms with van der Waals surface area (Å²) in [5.74, 6) is 0.426. The Hall–Kier alpha value is -0.0900. The van der Waals surface area contributed by atoms with Crippen LogP contribution in [0.4, 0.5) is 0 Å². The van der Waals surface area contributed by atoms with Crippen LogP contribution in [0.25, 0.3) is 0 Å². The van der Waals surface area contributed by atoms with E-state index in [1.165, 1.54) is 19.3 Å². The molecule has 0 aliphatic heterocycles. The van der Waals surface area contributed by atoms with Crippen molar-refractivity contribution >= 4 is 21.8 Å². The Labute approximate surface area is 119 Å². The number of carbonyl (C=O) groups is 1. The molecule has 3 nitrogen and oxygen atoms in total. The summed E-state index contributed by atoms with van der Waals surface area (Å²) >= 11 is 3.31. The van der Waals surface area contributed by atoms with E-state index in [0.29, 0.717) is 0 Å². The number of halogens is 1. The summed E-state index contributed by atoms with van der Waals surface area (Å²) in [4.78, 5) is 12.1. The molecule has 1 aliphatic rings. The van der Waals surface area contributed by atoms with Gasteiger partial charge in [0.15, 0.2) is 0 Å². The van der Waals surface area contributed by atoms with Gasteiger partial charge in [0.25, 0.3) is 0 Å². The van der Waals surface area contributed by atoms with E-state index < -0.39 is 0 Å². The SMILES string of the molecule is CC1(C)CCCCC1C(=O)NCCCOCCBr. The van der Waals surface area contributed by atoms with Gasteiger partial charge in [-0.05, 0) is 24.7 Å². The third-order valence-electron chi connectivity index (χ3n) is 3.81. The summed E-state index contributed by atoms with van der Waals surface area (Å²) in [5, 5.41) is 3.92. The van der Waals surface area contributed by atoms with Crippen LogP contribution in [0.1, 0.15) is 46.0 Å². The second-order valence-electron chi connectivity index (χ2n) is 5.73. The molecule has 106 valence electrons. The average molecular weight is 320 g/mol. The minimum absolute atomic E-state index is 0.162. The molecule has 1 atom stereocenters. The van der Waals surface area contributed by atoms with E-state index >= 15 is 0 Å². The smallest absolute Gasteiger partial charge is 0.223 e. The molecule has 1 rings (SSSR count). The van der Waals surface area contributed by atoms with Crippen molar-refractivity contribution in [1.29, 1.82) is 0 Å². The van der Waals surface area contributed by atoms with E-state index in [1.807, 2.05) is 0 Å². The van der Waals surface area contributed by atoms with Gasteiger partial charge in [-0.25, -0.2) is 0 Å². The molecule has 0 bridgehead atoms. The largest absolute Gasteiger partial charge is 0.381 e. The maximum Gasteiger partial charge on any atom is 0.223 e. The van der Waals surface area contributed by atoms with Crippen LogP contribution in [0, 0.1) is 11.3 Å². The van der Waals surface area contributed by atoms with Crippen LogP contribution in [0.2, 0.25) is 0 Å². The van der Waals surface area contributed by atoms with E-state index in [1.54, 1.807) is 0 Å². The minimum Gasteiger partial charge on any atom is -0.381 e. The normalized spacial score (nSPS) is 22.7. The highest BCUT2D eigenvalue weighted by atomic mass is 79.9. The Morgan fingerprint density at radius 2 is 2.17 bits per heavy atom. The number of hydrogen-bond acceptors (Lipinski definition) is 2. The van der Waals surface area contributed by atoms with Crippen molar-refractivity contribution in [2.24, 2.45) is 11.3 Å². The van der Waals surface area contributed by atoms with Gasteiger partial charge < -0.3 is 10.1 Å². The quantitative estimate of drug-likeness (QED) is 0.578.